The van der Waals surface area contributed by atoms with Crippen molar-refractivity contribution < 1.29 is 14.8 Å². The lowest BCUT2D eigenvalue weighted by molar-refractivity contribution is -0.385. The van der Waals surface area contributed by atoms with E-state index in [1.54, 1.807) is 0 Å². The number of phenolic OH excluding ortho intramolecular Hbond substituents is 1. The van der Waals surface area contributed by atoms with Crippen molar-refractivity contribution >= 4 is 23.4 Å². The zero-order valence-corrected chi connectivity index (χ0v) is 11.0. The third-order valence-corrected chi connectivity index (χ3v) is 4.06. The highest BCUT2D eigenvalue weighted by Gasteiger charge is 2.23. The number of rotatable bonds is 3. The van der Waals surface area contributed by atoms with Crippen LogP contribution in [0, 0.1) is 10.1 Å². The van der Waals surface area contributed by atoms with Gasteiger partial charge >= 0.3 is 5.69 Å². The van der Waals surface area contributed by atoms with Crippen molar-refractivity contribution in [1.82, 2.24) is 5.32 Å². The van der Waals surface area contributed by atoms with E-state index in [1.807, 2.05) is 11.8 Å². The van der Waals surface area contributed by atoms with Gasteiger partial charge in [0.15, 0.2) is 0 Å². The van der Waals surface area contributed by atoms with E-state index < -0.39 is 22.3 Å². The quantitative estimate of drug-likeness (QED) is 0.652. The van der Waals surface area contributed by atoms with E-state index in [0.29, 0.717) is 0 Å². The summed E-state index contributed by atoms with van der Waals surface area (Å²) in [6.07, 6.45) is 1.76. The molecule has 1 aliphatic heterocycles. The van der Waals surface area contributed by atoms with Crippen LogP contribution in [0.25, 0.3) is 0 Å². The SMILES string of the molecule is O=C(NC1CCSCC1)c1cccc([N+](=O)[O-])c1O. The van der Waals surface area contributed by atoms with E-state index in [4.69, 9.17) is 0 Å². The molecular formula is C12H14N2O4S. The van der Waals surface area contributed by atoms with E-state index in [2.05, 4.69) is 5.32 Å². The average Bonchev–Trinajstić information content (AvgIpc) is 2.39. The molecule has 2 rings (SSSR count). The number of hydrogen-bond acceptors (Lipinski definition) is 5. The van der Waals surface area contributed by atoms with E-state index >= 15 is 0 Å². The third-order valence-electron chi connectivity index (χ3n) is 3.01. The summed E-state index contributed by atoms with van der Waals surface area (Å²) in [5, 5.41) is 23.3. The smallest absolute Gasteiger partial charge is 0.311 e. The molecule has 0 saturated carbocycles. The number of nitro benzene ring substituents is 1. The van der Waals surface area contributed by atoms with Crippen LogP contribution in [0.2, 0.25) is 0 Å². The number of thioether (sulfide) groups is 1. The number of para-hydroxylation sites is 1. The van der Waals surface area contributed by atoms with Gasteiger partial charge < -0.3 is 10.4 Å². The maximum absolute atomic E-state index is 12.0. The van der Waals surface area contributed by atoms with Gasteiger partial charge in [-0.1, -0.05) is 6.07 Å². The first-order valence-corrected chi connectivity index (χ1v) is 7.10. The molecule has 0 atom stereocenters. The van der Waals surface area contributed by atoms with Crippen LogP contribution >= 0.6 is 11.8 Å². The van der Waals surface area contributed by atoms with Crippen LogP contribution in [0.5, 0.6) is 5.75 Å². The fraction of sp³-hybridized carbons (Fsp3) is 0.417. The Kier molecular flexibility index (Phi) is 4.26. The summed E-state index contributed by atoms with van der Waals surface area (Å²) in [6.45, 7) is 0. The van der Waals surface area contributed by atoms with Gasteiger partial charge in [-0.3, -0.25) is 14.9 Å². The first-order chi connectivity index (χ1) is 9.09. The summed E-state index contributed by atoms with van der Waals surface area (Å²) in [7, 11) is 0. The zero-order valence-electron chi connectivity index (χ0n) is 10.2. The van der Waals surface area contributed by atoms with Crippen LogP contribution < -0.4 is 5.32 Å². The number of nitrogens with zero attached hydrogens (tertiary/aromatic N) is 1. The summed E-state index contributed by atoms with van der Waals surface area (Å²) in [4.78, 5) is 22.0. The maximum Gasteiger partial charge on any atom is 0.311 e. The minimum absolute atomic E-state index is 0.0487. The average molecular weight is 282 g/mol. The molecule has 1 aliphatic rings. The van der Waals surface area contributed by atoms with E-state index in [-0.39, 0.29) is 11.6 Å². The summed E-state index contributed by atoms with van der Waals surface area (Å²) >= 11 is 1.84. The van der Waals surface area contributed by atoms with Gasteiger partial charge in [-0.25, -0.2) is 0 Å². The molecule has 1 saturated heterocycles. The Hall–Kier alpha value is -1.76. The normalized spacial score (nSPS) is 16.0. The second-order valence-corrected chi connectivity index (χ2v) is 5.52. The number of nitrogens with one attached hydrogen (secondary N) is 1. The van der Waals surface area contributed by atoms with Crippen LogP contribution in [0.3, 0.4) is 0 Å². The van der Waals surface area contributed by atoms with E-state index in [9.17, 15) is 20.0 Å². The van der Waals surface area contributed by atoms with Gasteiger partial charge in [-0.2, -0.15) is 11.8 Å². The highest BCUT2D eigenvalue weighted by molar-refractivity contribution is 7.99. The molecule has 0 spiro atoms. The van der Waals surface area contributed by atoms with Crippen molar-refractivity contribution in [3.05, 3.63) is 33.9 Å². The number of carbonyl (C=O) groups is 1. The van der Waals surface area contributed by atoms with Crippen molar-refractivity contribution in [3.63, 3.8) is 0 Å². The number of nitro groups is 1. The number of carbonyl (C=O) groups excluding carboxylic acids is 1. The minimum Gasteiger partial charge on any atom is -0.502 e. The molecule has 19 heavy (non-hydrogen) atoms. The Morgan fingerprint density at radius 2 is 2.11 bits per heavy atom. The molecule has 0 aliphatic carbocycles. The van der Waals surface area contributed by atoms with E-state index in [0.717, 1.165) is 24.3 Å². The van der Waals surface area contributed by atoms with Crippen molar-refractivity contribution in [2.45, 2.75) is 18.9 Å². The van der Waals surface area contributed by atoms with Gasteiger partial charge in [-0.05, 0) is 30.4 Å². The second kappa shape index (κ2) is 5.92. The zero-order chi connectivity index (χ0) is 13.8. The molecule has 2 N–H and O–H groups in total. The Labute approximate surface area is 114 Å². The van der Waals surface area contributed by atoms with Gasteiger partial charge in [0.1, 0.15) is 0 Å². The molecule has 6 nitrogen and oxygen atoms in total. The molecule has 0 aromatic heterocycles. The van der Waals surface area contributed by atoms with Crippen molar-refractivity contribution in [3.8, 4) is 5.75 Å². The minimum atomic E-state index is -0.705. The topological polar surface area (TPSA) is 92.5 Å². The molecule has 102 valence electrons. The van der Waals surface area contributed by atoms with Crippen molar-refractivity contribution in [1.29, 1.82) is 0 Å². The number of phenols is 1. The molecule has 1 amide bonds. The molecule has 0 radical (unpaired) electrons. The van der Waals surface area contributed by atoms with Gasteiger partial charge in [0.25, 0.3) is 5.91 Å². The predicted octanol–water partition coefficient (Wildman–Crippen LogP) is 1.93. The number of benzene rings is 1. The summed E-state index contributed by atoms with van der Waals surface area (Å²) in [5.41, 5.74) is -0.501. The molecule has 7 heteroatoms. The molecule has 0 unspecified atom stereocenters. The third kappa shape index (κ3) is 3.17. The van der Waals surface area contributed by atoms with Gasteiger partial charge in [-0.15, -0.1) is 0 Å². The number of amides is 1. The standard InChI is InChI=1S/C12H14N2O4S/c15-11-9(2-1-3-10(11)14(17)18)12(16)13-8-4-6-19-7-5-8/h1-3,8,15H,4-7H2,(H,13,16). The fourth-order valence-corrected chi connectivity index (χ4v) is 3.07. The van der Waals surface area contributed by atoms with Crippen LogP contribution in [0.1, 0.15) is 23.2 Å². The fourth-order valence-electron chi connectivity index (χ4n) is 1.97. The van der Waals surface area contributed by atoms with Gasteiger partial charge in [0, 0.05) is 12.1 Å². The van der Waals surface area contributed by atoms with Gasteiger partial charge in [0.2, 0.25) is 5.75 Å². The highest BCUT2D eigenvalue weighted by Crippen LogP contribution is 2.29. The number of hydrogen-bond donors (Lipinski definition) is 2. The first kappa shape index (κ1) is 13.7. The Bertz CT molecular complexity index is 501. The molecule has 1 aromatic carbocycles. The lowest BCUT2D eigenvalue weighted by Crippen LogP contribution is -2.37. The van der Waals surface area contributed by atoms with Crippen LogP contribution in [-0.4, -0.2) is 33.5 Å². The summed E-state index contributed by atoms with van der Waals surface area (Å²) in [5.74, 6) is 0.950. The molecule has 1 fully saturated rings. The van der Waals surface area contributed by atoms with Crippen LogP contribution in [0.15, 0.2) is 18.2 Å². The maximum atomic E-state index is 12.0. The Morgan fingerprint density at radius 1 is 1.42 bits per heavy atom. The van der Waals surface area contributed by atoms with Gasteiger partial charge in [0.05, 0.1) is 10.5 Å². The highest BCUT2D eigenvalue weighted by atomic mass is 32.2. The van der Waals surface area contributed by atoms with Crippen LogP contribution in [-0.2, 0) is 0 Å². The molecule has 1 aromatic rings. The van der Waals surface area contributed by atoms with Crippen molar-refractivity contribution in [2.75, 3.05) is 11.5 Å². The van der Waals surface area contributed by atoms with Crippen LogP contribution in [0.4, 0.5) is 5.69 Å². The Morgan fingerprint density at radius 3 is 2.74 bits per heavy atom. The summed E-state index contributed by atoms with van der Waals surface area (Å²) < 4.78 is 0. The van der Waals surface area contributed by atoms with E-state index in [1.165, 1.54) is 18.2 Å². The lowest BCUT2D eigenvalue weighted by atomic mass is 10.1. The monoisotopic (exact) mass is 282 g/mol. The largest absolute Gasteiger partial charge is 0.502 e. The second-order valence-electron chi connectivity index (χ2n) is 4.29. The number of aromatic hydroxyl groups is 1. The summed E-state index contributed by atoms with van der Waals surface area (Å²) in [6, 6.07) is 4.02. The molecule has 1 heterocycles. The predicted molar refractivity (Wildman–Crippen MR) is 72.6 cm³/mol. The first-order valence-electron chi connectivity index (χ1n) is 5.94. The van der Waals surface area contributed by atoms with Crippen molar-refractivity contribution in [2.24, 2.45) is 0 Å². The molecule has 0 bridgehead atoms. The Balaban J connectivity index is 2.14. The lowest BCUT2D eigenvalue weighted by Gasteiger charge is -2.22. The molecular weight excluding hydrogens is 268 g/mol.